The molecule has 0 atom stereocenters. The van der Waals surface area contributed by atoms with Gasteiger partial charge in [-0.3, -0.25) is 0 Å². The molecule has 1 fully saturated rings. The first-order valence-corrected chi connectivity index (χ1v) is 5.46. The van der Waals surface area contributed by atoms with Crippen LogP contribution in [0.2, 0.25) is 5.15 Å². The number of hydrazine groups is 1. The number of pyridine rings is 1. The standard InChI is InChI=1S/C10H12ClN3O2/c11-9-4-3-8(7-12-9)14(10(15)16)13-5-1-2-6-13/h3-4,7H,1-2,5-6H2,(H,15,16). The van der Waals surface area contributed by atoms with Crippen molar-refractivity contribution in [1.29, 1.82) is 0 Å². The molecule has 2 rings (SSSR count). The molecule has 0 saturated carbocycles. The van der Waals surface area contributed by atoms with Gasteiger partial charge in [-0.05, 0) is 25.0 Å². The van der Waals surface area contributed by atoms with Crippen LogP contribution >= 0.6 is 11.6 Å². The highest BCUT2D eigenvalue weighted by molar-refractivity contribution is 6.29. The maximum atomic E-state index is 11.2. The molecule has 0 aromatic carbocycles. The van der Waals surface area contributed by atoms with Crippen molar-refractivity contribution in [3.8, 4) is 0 Å². The first kappa shape index (κ1) is 11.2. The minimum absolute atomic E-state index is 0.357. The molecule has 0 aliphatic carbocycles. The zero-order chi connectivity index (χ0) is 11.5. The van der Waals surface area contributed by atoms with Crippen molar-refractivity contribution in [2.75, 3.05) is 18.1 Å². The third-order valence-corrected chi connectivity index (χ3v) is 2.73. The van der Waals surface area contributed by atoms with Crippen LogP contribution in [0.3, 0.4) is 0 Å². The van der Waals surface area contributed by atoms with Crippen LogP contribution in [-0.4, -0.2) is 34.3 Å². The highest BCUT2D eigenvalue weighted by atomic mass is 35.5. The molecule has 6 heteroatoms. The van der Waals surface area contributed by atoms with Gasteiger partial charge in [0.05, 0.1) is 11.9 Å². The van der Waals surface area contributed by atoms with E-state index in [9.17, 15) is 9.90 Å². The van der Waals surface area contributed by atoms with E-state index in [1.807, 2.05) is 0 Å². The molecule has 1 aliphatic heterocycles. The molecule has 86 valence electrons. The van der Waals surface area contributed by atoms with E-state index in [1.165, 1.54) is 11.2 Å². The van der Waals surface area contributed by atoms with Gasteiger partial charge in [-0.15, -0.1) is 0 Å². The first-order valence-electron chi connectivity index (χ1n) is 5.08. The molecule has 0 radical (unpaired) electrons. The molecule has 0 bridgehead atoms. The van der Waals surface area contributed by atoms with Crippen molar-refractivity contribution in [2.24, 2.45) is 0 Å². The predicted octanol–water partition coefficient (Wildman–Crippen LogP) is 2.23. The summed E-state index contributed by atoms with van der Waals surface area (Å²) in [6.45, 7) is 1.52. The molecule has 1 saturated heterocycles. The fourth-order valence-corrected chi connectivity index (χ4v) is 1.90. The molecule has 5 nitrogen and oxygen atoms in total. The van der Waals surface area contributed by atoms with Crippen molar-refractivity contribution in [3.05, 3.63) is 23.5 Å². The number of aromatic nitrogens is 1. The summed E-state index contributed by atoms with van der Waals surface area (Å²) in [6.07, 6.45) is 2.51. The van der Waals surface area contributed by atoms with E-state index < -0.39 is 6.09 Å². The summed E-state index contributed by atoms with van der Waals surface area (Å²) in [6, 6.07) is 3.24. The highest BCUT2D eigenvalue weighted by Crippen LogP contribution is 2.21. The lowest BCUT2D eigenvalue weighted by Crippen LogP contribution is -2.44. The molecule has 0 spiro atoms. The molecule has 1 amide bonds. The van der Waals surface area contributed by atoms with Gasteiger partial charge in [0.15, 0.2) is 0 Å². The fourth-order valence-electron chi connectivity index (χ4n) is 1.79. The van der Waals surface area contributed by atoms with E-state index in [4.69, 9.17) is 11.6 Å². The molecule has 1 aromatic heterocycles. The van der Waals surface area contributed by atoms with Crippen LogP contribution in [0.4, 0.5) is 10.5 Å². The van der Waals surface area contributed by atoms with Crippen molar-refractivity contribution < 1.29 is 9.90 Å². The second-order valence-corrected chi connectivity index (χ2v) is 3.98. The van der Waals surface area contributed by atoms with Gasteiger partial charge in [0.2, 0.25) is 0 Å². The molecular weight excluding hydrogens is 230 g/mol. The van der Waals surface area contributed by atoms with Crippen molar-refractivity contribution >= 4 is 23.4 Å². The topological polar surface area (TPSA) is 56.7 Å². The maximum absolute atomic E-state index is 11.2. The number of halogens is 1. The smallest absolute Gasteiger partial charge is 0.426 e. The van der Waals surface area contributed by atoms with Crippen LogP contribution in [0.1, 0.15) is 12.8 Å². The summed E-state index contributed by atoms with van der Waals surface area (Å²) < 4.78 is 0. The third kappa shape index (κ3) is 2.25. The summed E-state index contributed by atoms with van der Waals surface area (Å²) in [5, 5.41) is 12.6. The van der Waals surface area contributed by atoms with E-state index in [-0.39, 0.29) is 0 Å². The molecule has 1 aromatic rings. The van der Waals surface area contributed by atoms with Gasteiger partial charge < -0.3 is 5.11 Å². The third-order valence-electron chi connectivity index (χ3n) is 2.50. The summed E-state index contributed by atoms with van der Waals surface area (Å²) >= 11 is 5.66. The largest absolute Gasteiger partial charge is 0.464 e. The lowest BCUT2D eigenvalue weighted by Gasteiger charge is -2.28. The monoisotopic (exact) mass is 241 g/mol. The van der Waals surface area contributed by atoms with Gasteiger partial charge >= 0.3 is 6.09 Å². The predicted molar refractivity (Wildman–Crippen MR) is 60.6 cm³/mol. The van der Waals surface area contributed by atoms with Gasteiger partial charge in [-0.1, -0.05) is 11.6 Å². The lowest BCUT2D eigenvalue weighted by atomic mass is 10.4. The first-order chi connectivity index (χ1) is 7.68. The Bertz CT molecular complexity index is 376. The second kappa shape index (κ2) is 4.67. The van der Waals surface area contributed by atoms with Crippen LogP contribution in [0, 0.1) is 0 Å². The summed E-state index contributed by atoms with van der Waals surface area (Å²) in [5.41, 5.74) is 0.527. The van der Waals surface area contributed by atoms with Gasteiger partial charge in [0, 0.05) is 13.1 Å². The number of nitrogens with zero attached hydrogens (tertiary/aromatic N) is 3. The zero-order valence-corrected chi connectivity index (χ0v) is 9.39. The molecule has 1 N–H and O–H groups in total. The zero-order valence-electron chi connectivity index (χ0n) is 8.64. The second-order valence-electron chi connectivity index (χ2n) is 3.59. The highest BCUT2D eigenvalue weighted by Gasteiger charge is 2.25. The van der Waals surface area contributed by atoms with Crippen LogP contribution in [0.25, 0.3) is 0 Å². The Morgan fingerprint density at radius 1 is 1.44 bits per heavy atom. The fraction of sp³-hybridized carbons (Fsp3) is 0.400. The quantitative estimate of drug-likeness (QED) is 0.807. The van der Waals surface area contributed by atoms with Crippen LogP contribution < -0.4 is 5.01 Å². The SMILES string of the molecule is O=C(O)N(c1ccc(Cl)nc1)N1CCCC1. The minimum Gasteiger partial charge on any atom is -0.464 e. The normalized spacial score (nSPS) is 16.3. The number of carbonyl (C=O) groups is 1. The number of rotatable bonds is 2. The Balaban J connectivity index is 2.24. The van der Waals surface area contributed by atoms with Crippen LogP contribution in [0.5, 0.6) is 0 Å². The summed E-state index contributed by atoms with van der Waals surface area (Å²) in [7, 11) is 0. The summed E-state index contributed by atoms with van der Waals surface area (Å²) in [5.74, 6) is 0. The number of hydrogen-bond donors (Lipinski definition) is 1. The Morgan fingerprint density at radius 2 is 2.12 bits per heavy atom. The van der Waals surface area contributed by atoms with Gasteiger partial charge in [0.1, 0.15) is 5.15 Å². The van der Waals surface area contributed by atoms with Crippen LogP contribution in [0.15, 0.2) is 18.3 Å². The van der Waals surface area contributed by atoms with Gasteiger partial charge in [0.25, 0.3) is 0 Å². The molecule has 0 unspecified atom stereocenters. The van der Waals surface area contributed by atoms with E-state index in [2.05, 4.69) is 4.98 Å². The van der Waals surface area contributed by atoms with Crippen molar-refractivity contribution in [1.82, 2.24) is 9.99 Å². The number of amides is 1. The molecule has 1 aliphatic rings. The Morgan fingerprint density at radius 3 is 2.62 bits per heavy atom. The Labute approximate surface area is 98.2 Å². The van der Waals surface area contributed by atoms with E-state index in [0.717, 1.165) is 25.9 Å². The number of hydrogen-bond acceptors (Lipinski definition) is 3. The van der Waals surface area contributed by atoms with E-state index in [0.29, 0.717) is 10.8 Å². The van der Waals surface area contributed by atoms with Gasteiger partial charge in [-0.25, -0.2) is 19.8 Å². The molecule has 16 heavy (non-hydrogen) atoms. The van der Waals surface area contributed by atoms with Crippen molar-refractivity contribution in [2.45, 2.75) is 12.8 Å². The van der Waals surface area contributed by atoms with Gasteiger partial charge in [-0.2, -0.15) is 0 Å². The van der Waals surface area contributed by atoms with E-state index in [1.54, 1.807) is 17.1 Å². The minimum atomic E-state index is -0.994. The number of carboxylic acid groups (broad SMARTS) is 1. The summed E-state index contributed by atoms with van der Waals surface area (Å²) in [4.78, 5) is 15.1. The Kier molecular flexibility index (Phi) is 3.26. The molecular formula is C10H12ClN3O2. The average Bonchev–Trinajstić information content (AvgIpc) is 2.74. The maximum Gasteiger partial charge on any atom is 0.426 e. The average molecular weight is 242 g/mol. The molecule has 2 heterocycles. The number of anilines is 1. The Hall–Kier alpha value is -1.33. The van der Waals surface area contributed by atoms with E-state index >= 15 is 0 Å². The van der Waals surface area contributed by atoms with Crippen LogP contribution in [-0.2, 0) is 0 Å². The van der Waals surface area contributed by atoms with Crippen molar-refractivity contribution in [3.63, 3.8) is 0 Å². The lowest BCUT2D eigenvalue weighted by molar-refractivity contribution is 0.178.